The van der Waals surface area contributed by atoms with Gasteiger partial charge in [0.2, 0.25) is 21.8 Å². The number of rotatable bonds is 12. The third-order valence-electron chi connectivity index (χ3n) is 6.20. The molecule has 0 bridgehead atoms. The minimum Gasteiger partial charge on any atom is -0.355 e. The molecule has 11 heteroatoms. The van der Waals surface area contributed by atoms with Gasteiger partial charge in [0.25, 0.3) is 0 Å². The quantitative estimate of drug-likeness (QED) is 0.301. The van der Waals surface area contributed by atoms with Crippen LogP contribution >= 0.6 is 23.2 Å². The number of benzene rings is 3. The fourth-order valence-corrected chi connectivity index (χ4v) is 5.48. The average molecular weight is 605 g/mol. The van der Waals surface area contributed by atoms with Crippen LogP contribution in [-0.2, 0) is 32.6 Å². The van der Waals surface area contributed by atoms with Crippen LogP contribution in [0.25, 0.3) is 0 Å². The van der Waals surface area contributed by atoms with Crippen molar-refractivity contribution in [3.8, 4) is 0 Å². The van der Waals surface area contributed by atoms with E-state index in [1.54, 1.807) is 31.2 Å². The SMILES string of the molecule is CCNC(=O)C(Cc1ccccc1)N(Cc1ccc(Cl)cc1Cl)C(=O)CN(c1cccc(C(C)=O)c1)S(C)(=O)=O. The van der Waals surface area contributed by atoms with E-state index in [-0.39, 0.29) is 24.4 Å². The molecule has 3 aromatic rings. The second kappa shape index (κ2) is 13.8. The first-order chi connectivity index (χ1) is 18.9. The number of ketones is 1. The molecule has 0 heterocycles. The van der Waals surface area contributed by atoms with Gasteiger partial charge in [0.05, 0.1) is 11.9 Å². The van der Waals surface area contributed by atoms with Crippen LogP contribution in [0, 0.1) is 0 Å². The molecule has 0 spiro atoms. The van der Waals surface area contributed by atoms with E-state index in [4.69, 9.17) is 23.2 Å². The summed E-state index contributed by atoms with van der Waals surface area (Å²) < 4.78 is 26.7. The summed E-state index contributed by atoms with van der Waals surface area (Å²) in [6, 6.07) is 19.1. The van der Waals surface area contributed by atoms with E-state index in [1.807, 2.05) is 30.3 Å². The van der Waals surface area contributed by atoms with Crippen molar-refractivity contribution in [1.82, 2.24) is 10.2 Å². The van der Waals surface area contributed by atoms with Crippen LogP contribution in [0.4, 0.5) is 5.69 Å². The number of amides is 2. The Balaban J connectivity index is 2.08. The predicted molar refractivity (Wildman–Crippen MR) is 158 cm³/mol. The maximum atomic E-state index is 14.0. The molecule has 40 heavy (non-hydrogen) atoms. The normalized spacial score (nSPS) is 11.9. The third-order valence-corrected chi connectivity index (χ3v) is 7.93. The molecular formula is C29H31Cl2N3O5S. The Bertz CT molecular complexity index is 1480. The van der Waals surface area contributed by atoms with Crippen molar-refractivity contribution in [2.75, 3.05) is 23.7 Å². The molecular weight excluding hydrogens is 573 g/mol. The fourth-order valence-electron chi connectivity index (χ4n) is 4.17. The number of hydrogen-bond donors (Lipinski definition) is 1. The zero-order valence-electron chi connectivity index (χ0n) is 22.4. The lowest BCUT2D eigenvalue weighted by Crippen LogP contribution is -2.53. The lowest BCUT2D eigenvalue weighted by molar-refractivity contribution is -0.140. The molecule has 0 radical (unpaired) electrons. The monoisotopic (exact) mass is 603 g/mol. The molecule has 0 aliphatic carbocycles. The molecule has 0 aliphatic rings. The van der Waals surface area contributed by atoms with E-state index >= 15 is 0 Å². The van der Waals surface area contributed by atoms with Gasteiger partial charge < -0.3 is 10.2 Å². The van der Waals surface area contributed by atoms with Gasteiger partial charge in [-0.3, -0.25) is 18.7 Å². The lowest BCUT2D eigenvalue weighted by Gasteiger charge is -2.33. The summed E-state index contributed by atoms with van der Waals surface area (Å²) in [6.07, 6.45) is 1.16. The summed E-state index contributed by atoms with van der Waals surface area (Å²) >= 11 is 12.5. The zero-order chi connectivity index (χ0) is 29.4. The van der Waals surface area contributed by atoms with Gasteiger partial charge >= 0.3 is 0 Å². The molecule has 0 saturated carbocycles. The van der Waals surface area contributed by atoms with Crippen molar-refractivity contribution in [1.29, 1.82) is 0 Å². The standard InChI is InChI=1S/C29H31Cl2N3O5S/c1-4-32-29(37)27(15-21-9-6-5-7-10-21)33(18-23-13-14-24(30)17-26(23)31)28(36)19-34(40(3,38)39)25-12-8-11-22(16-25)20(2)35/h5-14,16-17,27H,4,15,18-19H2,1-3H3,(H,32,37). The Morgan fingerprint density at radius 2 is 1.65 bits per heavy atom. The number of halogens is 2. The van der Waals surface area contributed by atoms with Crippen LogP contribution in [0.1, 0.15) is 35.3 Å². The number of carbonyl (C=O) groups excluding carboxylic acids is 3. The van der Waals surface area contributed by atoms with Crippen LogP contribution < -0.4 is 9.62 Å². The van der Waals surface area contributed by atoms with Crippen LogP contribution in [0.15, 0.2) is 72.8 Å². The molecule has 1 unspecified atom stereocenters. The number of nitrogens with one attached hydrogen (secondary N) is 1. The van der Waals surface area contributed by atoms with E-state index in [0.717, 1.165) is 16.1 Å². The maximum absolute atomic E-state index is 14.0. The first-order valence-electron chi connectivity index (χ1n) is 12.5. The van der Waals surface area contributed by atoms with E-state index in [1.165, 1.54) is 30.0 Å². The number of anilines is 1. The van der Waals surface area contributed by atoms with Gasteiger partial charge in [0, 0.05) is 35.1 Å². The topological polar surface area (TPSA) is 104 Å². The maximum Gasteiger partial charge on any atom is 0.244 e. The third kappa shape index (κ3) is 8.30. The molecule has 3 rings (SSSR count). The van der Waals surface area contributed by atoms with Crippen molar-refractivity contribution in [3.63, 3.8) is 0 Å². The van der Waals surface area contributed by atoms with Crippen LogP contribution in [0.3, 0.4) is 0 Å². The highest BCUT2D eigenvalue weighted by Gasteiger charge is 2.33. The molecule has 0 fully saturated rings. The summed E-state index contributed by atoms with van der Waals surface area (Å²) in [7, 11) is -3.96. The van der Waals surface area contributed by atoms with Gasteiger partial charge in [0.15, 0.2) is 5.78 Å². The number of hydrogen-bond acceptors (Lipinski definition) is 5. The predicted octanol–water partition coefficient (Wildman–Crippen LogP) is 4.74. The highest BCUT2D eigenvalue weighted by Crippen LogP contribution is 2.25. The Kier molecular flexibility index (Phi) is 10.7. The zero-order valence-corrected chi connectivity index (χ0v) is 24.8. The van der Waals surface area contributed by atoms with Crippen molar-refractivity contribution in [2.24, 2.45) is 0 Å². The minimum atomic E-state index is -3.96. The Morgan fingerprint density at radius 3 is 2.25 bits per heavy atom. The summed E-state index contributed by atoms with van der Waals surface area (Å²) in [6.45, 7) is 2.80. The molecule has 8 nitrogen and oxygen atoms in total. The van der Waals surface area contributed by atoms with Gasteiger partial charge in [-0.2, -0.15) is 0 Å². The van der Waals surface area contributed by atoms with E-state index < -0.39 is 34.4 Å². The first-order valence-corrected chi connectivity index (χ1v) is 15.1. The molecule has 2 amide bonds. The van der Waals surface area contributed by atoms with E-state index in [0.29, 0.717) is 27.7 Å². The van der Waals surface area contributed by atoms with Gasteiger partial charge in [-0.15, -0.1) is 0 Å². The van der Waals surface area contributed by atoms with Crippen molar-refractivity contribution in [2.45, 2.75) is 32.9 Å². The summed E-state index contributed by atoms with van der Waals surface area (Å²) in [5, 5.41) is 3.50. The van der Waals surface area contributed by atoms with E-state index in [2.05, 4.69) is 5.32 Å². The first kappa shape index (κ1) is 31.1. The van der Waals surface area contributed by atoms with Gasteiger partial charge in [-0.05, 0) is 49.2 Å². The molecule has 1 atom stereocenters. The largest absolute Gasteiger partial charge is 0.355 e. The summed E-state index contributed by atoms with van der Waals surface area (Å²) in [5.41, 5.74) is 1.80. The molecule has 0 aromatic heterocycles. The van der Waals surface area contributed by atoms with Crippen LogP contribution in [0.5, 0.6) is 0 Å². The Hall–Kier alpha value is -3.40. The lowest BCUT2D eigenvalue weighted by atomic mass is 10.0. The van der Waals surface area contributed by atoms with Crippen LogP contribution in [-0.4, -0.2) is 56.3 Å². The Morgan fingerprint density at radius 1 is 0.950 bits per heavy atom. The number of Topliss-reactive ketones (excluding diaryl/α,β-unsaturated/α-hetero) is 1. The molecule has 0 saturated heterocycles. The average Bonchev–Trinajstić information content (AvgIpc) is 2.90. The molecule has 0 aliphatic heterocycles. The second-order valence-corrected chi connectivity index (χ2v) is 12.0. The minimum absolute atomic E-state index is 0.0748. The van der Waals surface area contributed by atoms with Crippen molar-refractivity contribution < 1.29 is 22.8 Å². The second-order valence-electron chi connectivity index (χ2n) is 9.23. The summed E-state index contributed by atoms with van der Waals surface area (Å²) in [4.78, 5) is 40.7. The number of sulfonamides is 1. The van der Waals surface area contributed by atoms with Gasteiger partial charge in [-0.1, -0.05) is 71.7 Å². The molecule has 1 N–H and O–H groups in total. The fraction of sp³-hybridized carbons (Fsp3) is 0.276. The van der Waals surface area contributed by atoms with Crippen molar-refractivity contribution >= 4 is 56.5 Å². The smallest absolute Gasteiger partial charge is 0.244 e. The molecule has 3 aromatic carbocycles. The highest BCUT2D eigenvalue weighted by atomic mass is 35.5. The number of likely N-dealkylation sites (N-methyl/N-ethyl adjacent to an activating group) is 1. The van der Waals surface area contributed by atoms with Crippen molar-refractivity contribution in [3.05, 3.63) is 99.5 Å². The van der Waals surface area contributed by atoms with Gasteiger partial charge in [0.1, 0.15) is 12.6 Å². The van der Waals surface area contributed by atoms with Crippen LogP contribution in [0.2, 0.25) is 10.0 Å². The Labute approximate surface area is 244 Å². The number of nitrogens with zero attached hydrogens (tertiary/aromatic N) is 2. The highest BCUT2D eigenvalue weighted by molar-refractivity contribution is 7.92. The van der Waals surface area contributed by atoms with E-state index in [9.17, 15) is 22.8 Å². The molecule has 212 valence electrons. The summed E-state index contributed by atoms with van der Waals surface area (Å²) in [5.74, 6) is -1.27. The van der Waals surface area contributed by atoms with Gasteiger partial charge in [-0.25, -0.2) is 8.42 Å². The number of carbonyl (C=O) groups is 3.